The molecule has 9 unspecified atom stereocenters. The molecule has 4 saturated carbocycles. The first-order valence-electron chi connectivity index (χ1n) is 17.9. The summed E-state index contributed by atoms with van der Waals surface area (Å²) in [5.41, 5.74) is 8.61. The molecule has 2 heteroatoms. The van der Waals surface area contributed by atoms with Crippen LogP contribution in [-0.4, -0.2) is 15.2 Å². The first-order chi connectivity index (χ1) is 19.7. The van der Waals surface area contributed by atoms with Crippen molar-refractivity contribution in [2.24, 2.45) is 41.4 Å². The van der Waals surface area contributed by atoms with E-state index in [1.54, 1.807) is 47.9 Å². The van der Waals surface area contributed by atoms with Gasteiger partial charge in [-0.05, 0) is 94.0 Å². The molecule has 0 radical (unpaired) electrons. The minimum atomic E-state index is -1.41. The molecular formula is C39H58Si2. The molecule has 4 fully saturated rings. The van der Waals surface area contributed by atoms with E-state index in [9.17, 15) is 0 Å². The summed E-state index contributed by atoms with van der Waals surface area (Å²) in [6, 6.07) is 19.1. The van der Waals surface area contributed by atoms with Gasteiger partial charge in [-0.25, -0.2) is 0 Å². The number of unbranched alkanes of at least 4 members (excludes halogenated alkanes) is 1. The van der Waals surface area contributed by atoms with Crippen LogP contribution < -0.4 is 0 Å². The molecule has 0 amide bonds. The molecule has 0 N–H and O–H groups in total. The van der Waals surface area contributed by atoms with Gasteiger partial charge in [0.2, 0.25) is 0 Å². The molecule has 222 valence electrons. The Morgan fingerprint density at radius 3 is 2.07 bits per heavy atom. The van der Waals surface area contributed by atoms with Crippen molar-refractivity contribution < 1.29 is 0 Å². The highest BCUT2D eigenvalue weighted by Crippen LogP contribution is 2.68. The first-order valence-corrected chi connectivity index (χ1v) is 25.1. The third-order valence-corrected chi connectivity index (χ3v) is 35.6. The zero-order valence-corrected chi connectivity index (χ0v) is 29.2. The summed E-state index contributed by atoms with van der Waals surface area (Å²) in [5.74, 6) is 7.36. The number of hydrogen-bond donors (Lipinski definition) is 0. The van der Waals surface area contributed by atoms with E-state index in [1.807, 2.05) is 0 Å². The molecule has 0 spiro atoms. The van der Waals surface area contributed by atoms with Crippen LogP contribution in [0.1, 0.15) is 102 Å². The van der Waals surface area contributed by atoms with Gasteiger partial charge in [-0.2, -0.15) is 0 Å². The molecule has 0 nitrogen and oxygen atoms in total. The standard InChI is InChI=1S/C39H58Si2/c1-7-8-14-27-21-22-29(24-27)40(3,4)41(5,6)39-26(2)23-35-36(39)25-28-15-13-20-30(28)37(35)38-33-18-11-9-16-31(33)32-17-10-12-19-34(32)38/h9-12,16-19,26-30,35-39H,7-8,13-15,20-25H2,1-6H3. The number of hydrogen-bond acceptors (Lipinski definition) is 0. The molecule has 2 aromatic rings. The second kappa shape index (κ2) is 10.8. The maximum atomic E-state index is 2.94. The minimum absolute atomic E-state index is 0.635. The largest absolute Gasteiger partial charge is 0.0711 e. The summed E-state index contributed by atoms with van der Waals surface area (Å²) in [7, 11) is -2.74. The number of rotatable bonds is 7. The Kier molecular flexibility index (Phi) is 7.54. The van der Waals surface area contributed by atoms with Crippen molar-refractivity contribution >= 4 is 15.2 Å². The average molecular weight is 583 g/mol. The lowest BCUT2D eigenvalue weighted by Gasteiger charge is -2.53. The average Bonchev–Trinajstić information content (AvgIpc) is 3.75. The quantitative estimate of drug-likeness (QED) is 0.285. The van der Waals surface area contributed by atoms with E-state index in [0.717, 1.165) is 52.5 Å². The smallest absolute Gasteiger partial charge is 0.0451 e. The maximum absolute atomic E-state index is 2.94. The van der Waals surface area contributed by atoms with Crippen LogP contribution in [-0.2, 0) is 0 Å². The van der Waals surface area contributed by atoms with Gasteiger partial charge in [-0.1, -0.05) is 140 Å². The summed E-state index contributed by atoms with van der Waals surface area (Å²) < 4.78 is 0. The van der Waals surface area contributed by atoms with Gasteiger partial charge in [-0.15, -0.1) is 0 Å². The third kappa shape index (κ3) is 4.46. The molecule has 0 aliphatic heterocycles. The van der Waals surface area contributed by atoms with Crippen molar-refractivity contribution in [3.8, 4) is 11.1 Å². The van der Waals surface area contributed by atoms with Crippen LogP contribution >= 0.6 is 0 Å². The topological polar surface area (TPSA) is 0 Å². The van der Waals surface area contributed by atoms with E-state index >= 15 is 0 Å². The van der Waals surface area contributed by atoms with Gasteiger partial charge >= 0.3 is 0 Å². The summed E-state index contributed by atoms with van der Waals surface area (Å²) >= 11 is 0. The number of benzene rings is 2. The highest BCUT2D eigenvalue weighted by atomic mass is 29.3. The third-order valence-electron chi connectivity index (χ3n) is 14.8. The number of fused-ring (bicyclic) bond motifs is 5. The van der Waals surface area contributed by atoms with Gasteiger partial charge < -0.3 is 0 Å². The second-order valence-electron chi connectivity index (χ2n) is 16.8. The normalized spacial score (nSPS) is 36.7. The van der Waals surface area contributed by atoms with Gasteiger partial charge in [0.25, 0.3) is 0 Å². The van der Waals surface area contributed by atoms with Crippen molar-refractivity contribution in [1.29, 1.82) is 0 Å². The van der Waals surface area contributed by atoms with Crippen LogP contribution in [0, 0.1) is 41.4 Å². The van der Waals surface area contributed by atoms with E-state index in [2.05, 4.69) is 88.6 Å². The molecule has 41 heavy (non-hydrogen) atoms. The lowest BCUT2D eigenvalue weighted by molar-refractivity contribution is 0.0613. The lowest BCUT2D eigenvalue weighted by Crippen LogP contribution is -2.62. The summed E-state index contributed by atoms with van der Waals surface area (Å²) in [4.78, 5) is 0. The Hall–Kier alpha value is -1.13. The van der Waals surface area contributed by atoms with E-state index in [-0.39, 0.29) is 0 Å². The SMILES string of the molecule is CCCCC1CCC([Si](C)(C)[Si](C)(C)C2C(C)CC3C2CC2CCCC2C3C2c3ccccc3-c3ccccc32)C1. The monoisotopic (exact) mass is 582 g/mol. The molecular weight excluding hydrogens is 525 g/mol. The zero-order valence-electron chi connectivity index (χ0n) is 27.2. The first kappa shape index (κ1) is 28.6. The highest BCUT2D eigenvalue weighted by molar-refractivity contribution is 7.41. The van der Waals surface area contributed by atoms with Crippen LogP contribution in [0.5, 0.6) is 0 Å². The Morgan fingerprint density at radius 2 is 1.39 bits per heavy atom. The molecule has 7 rings (SSSR count). The minimum Gasteiger partial charge on any atom is -0.0711 e. The van der Waals surface area contributed by atoms with Crippen LogP contribution in [0.2, 0.25) is 37.3 Å². The van der Waals surface area contributed by atoms with E-state index in [4.69, 9.17) is 0 Å². The van der Waals surface area contributed by atoms with Crippen molar-refractivity contribution in [3.05, 3.63) is 59.7 Å². The lowest BCUT2D eigenvalue weighted by atomic mass is 9.58. The maximum Gasteiger partial charge on any atom is 0.0451 e. The van der Waals surface area contributed by atoms with Gasteiger partial charge in [-0.3, -0.25) is 0 Å². The molecule has 0 saturated heterocycles. The van der Waals surface area contributed by atoms with Gasteiger partial charge in [0.1, 0.15) is 0 Å². The summed E-state index contributed by atoms with van der Waals surface area (Å²) in [6.07, 6.45) is 16.7. The zero-order chi connectivity index (χ0) is 28.5. The van der Waals surface area contributed by atoms with Crippen LogP contribution in [0.15, 0.2) is 48.5 Å². The predicted octanol–water partition coefficient (Wildman–Crippen LogP) is 11.7. The fourth-order valence-corrected chi connectivity index (χ4v) is 27.3. The van der Waals surface area contributed by atoms with Crippen molar-refractivity contribution in [3.63, 3.8) is 0 Å². The fourth-order valence-electron chi connectivity index (χ4n) is 12.5. The van der Waals surface area contributed by atoms with Crippen molar-refractivity contribution in [1.82, 2.24) is 0 Å². The van der Waals surface area contributed by atoms with Crippen LogP contribution in [0.4, 0.5) is 0 Å². The molecule has 2 aromatic carbocycles. The van der Waals surface area contributed by atoms with Crippen molar-refractivity contribution in [2.75, 3.05) is 0 Å². The van der Waals surface area contributed by atoms with Gasteiger partial charge in [0, 0.05) is 21.1 Å². The van der Waals surface area contributed by atoms with Crippen LogP contribution in [0.25, 0.3) is 11.1 Å². The van der Waals surface area contributed by atoms with E-state index in [0.29, 0.717) is 5.92 Å². The van der Waals surface area contributed by atoms with Crippen molar-refractivity contribution in [2.45, 2.75) is 128 Å². The molecule has 5 aliphatic rings. The van der Waals surface area contributed by atoms with E-state index < -0.39 is 15.2 Å². The highest BCUT2D eigenvalue weighted by Gasteiger charge is 2.62. The fraction of sp³-hybridized carbons (Fsp3) is 0.692. The Balaban J connectivity index is 1.23. The van der Waals surface area contributed by atoms with Gasteiger partial charge in [0.15, 0.2) is 0 Å². The Morgan fingerprint density at radius 1 is 0.707 bits per heavy atom. The van der Waals surface area contributed by atoms with E-state index in [1.165, 1.54) is 44.9 Å². The predicted molar refractivity (Wildman–Crippen MR) is 183 cm³/mol. The Bertz CT molecular complexity index is 1200. The summed E-state index contributed by atoms with van der Waals surface area (Å²) in [5, 5.41) is 0. The molecule has 5 aliphatic carbocycles. The second-order valence-corrected chi connectivity index (χ2v) is 33.0. The molecule has 9 atom stereocenters. The summed E-state index contributed by atoms with van der Waals surface area (Å²) in [6.45, 7) is 16.8. The van der Waals surface area contributed by atoms with Crippen LogP contribution in [0.3, 0.4) is 0 Å². The Labute approximate surface area is 254 Å². The molecule has 0 heterocycles. The molecule has 0 aromatic heterocycles. The molecule has 0 bridgehead atoms. The van der Waals surface area contributed by atoms with Gasteiger partial charge in [0.05, 0.1) is 0 Å².